The molecule has 17 heavy (non-hydrogen) atoms. The lowest BCUT2D eigenvalue weighted by molar-refractivity contribution is -0.152. The Bertz CT molecular complexity index is 385. The number of nitrogens with zero attached hydrogens (tertiary/aromatic N) is 2. The molecule has 0 radical (unpaired) electrons. The molecule has 2 rings (SSSR count). The molecule has 1 atom stereocenters. The Kier molecular flexibility index (Phi) is 3.61. The van der Waals surface area contributed by atoms with E-state index >= 15 is 0 Å². The van der Waals surface area contributed by atoms with Crippen LogP contribution < -0.4 is 5.73 Å². The first kappa shape index (κ1) is 11.9. The molecule has 1 saturated carbocycles. The Hall–Kier alpha value is -1.59. The van der Waals surface area contributed by atoms with Crippen LogP contribution in [0, 0.1) is 0 Å². The molecule has 1 aromatic rings. The van der Waals surface area contributed by atoms with Crippen molar-refractivity contribution >= 4 is 11.8 Å². The van der Waals surface area contributed by atoms with Crippen LogP contribution in [0.4, 0.5) is 5.82 Å². The Balaban J connectivity index is 1.93. The molecular weight excluding hydrogens is 222 g/mol. The highest BCUT2D eigenvalue weighted by Gasteiger charge is 2.26. The van der Waals surface area contributed by atoms with E-state index in [1.165, 1.54) is 6.42 Å². The van der Waals surface area contributed by atoms with Crippen LogP contribution in [-0.2, 0) is 9.53 Å². The second kappa shape index (κ2) is 5.16. The number of aromatic nitrogens is 2. The van der Waals surface area contributed by atoms with Gasteiger partial charge in [0, 0.05) is 0 Å². The number of carbonyl (C=O) groups is 1. The summed E-state index contributed by atoms with van der Waals surface area (Å²) in [5, 5.41) is 7.07. The smallest absolute Gasteiger partial charge is 0.315 e. The SMILES string of the molecule is CC(C(=O)OC1CCCCC1)c1nonc1N. The topological polar surface area (TPSA) is 91.2 Å². The molecule has 1 unspecified atom stereocenters. The molecule has 0 aromatic carbocycles. The van der Waals surface area contributed by atoms with Gasteiger partial charge in [-0.1, -0.05) is 11.6 Å². The van der Waals surface area contributed by atoms with Gasteiger partial charge in [0.15, 0.2) is 5.82 Å². The third-order valence-corrected chi connectivity index (χ3v) is 3.14. The van der Waals surface area contributed by atoms with Crippen LogP contribution in [0.1, 0.15) is 50.6 Å². The minimum atomic E-state index is -0.525. The van der Waals surface area contributed by atoms with Crippen molar-refractivity contribution in [2.24, 2.45) is 0 Å². The van der Waals surface area contributed by atoms with Gasteiger partial charge in [0.2, 0.25) is 0 Å². The summed E-state index contributed by atoms with van der Waals surface area (Å²) < 4.78 is 9.90. The van der Waals surface area contributed by atoms with Crippen LogP contribution in [0.2, 0.25) is 0 Å². The van der Waals surface area contributed by atoms with Crippen molar-refractivity contribution < 1.29 is 14.2 Å². The van der Waals surface area contributed by atoms with Gasteiger partial charge in [-0.25, -0.2) is 4.63 Å². The van der Waals surface area contributed by atoms with Crippen molar-refractivity contribution in [1.29, 1.82) is 0 Å². The van der Waals surface area contributed by atoms with Gasteiger partial charge in [0.25, 0.3) is 0 Å². The van der Waals surface area contributed by atoms with Gasteiger partial charge in [0.1, 0.15) is 17.7 Å². The molecule has 1 aromatic heterocycles. The van der Waals surface area contributed by atoms with E-state index in [0.717, 1.165) is 25.7 Å². The average molecular weight is 239 g/mol. The second-order valence-corrected chi connectivity index (χ2v) is 4.45. The fraction of sp³-hybridized carbons (Fsp3) is 0.727. The number of nitrogen functional groups attached to an aromatic ring is 1. The van der Waals surface area contributed by atoms with E-state index in [4.69, 9.17) is 10.5 Å². The van der Waals surface area contributed by atoms with E-state index in [1.807, 2.05) is 0 Å². The summed E-state index contributed by atoms with van der Waals surface area (Å²) in [6.45, 7) is 1.70. The minimum absolute atomic E-state index is 0.0415. The number of hydrogen-bond acceptors (Lipinski definition) is 6. The van der Waals surface area contributed by atoms with Crippen LogP contribution in [-0.4, -0.2) is 22.4 Å². The third-order valence-electron chi connectivity index (χ3n) is 3.14. The molecule has 1 heterocycles. The monoisotopic (exact) mass is 239 g/mol. The van der Waals surface area contributed by atoms with Crippen molar-refractivity contribution in [2.75, 3.05) is 5.73 Å². The van der Waals surface area contributed by atoms with Crippen LogP contribution in [0.15, 0.2) is 4.63 Å². The highest BCUT2D eigenvalue weighted by molar-refractivity contribution is 5.78. The molecular formula is C11H17N3O3. The molecule has 0 spiro atoms. The Morgan fingerprint density at radius 2 is 2.12 bits per heavy atom. The summed E-state index contributed by atoms with van der Waals surface area (Å²) in [4.78, 5) is 11.9. The number of rotatable bonds is 3. The fourth-order valence-electron chi connectivity index (χ4n) is 2.06. The zero-order chi connectivity index (χ0) is 12.3. The molecule has 6 heteroatoms. The van der Waals surface area contributed by atoms with Gasteiger partial charge in [0.05, 0.1) is 0 Å². The third kappa shape index (κ3) is 2.75. The first-order valence-corrected chi connectivity index (χ1v) is 5.97. The van der Waals surface area contributed by atoms with Gasteiger partial charge in [-0.3, -0.25) is 4.79 Å². The molecule has 94 valence electrons. The zero-order valence-corrected chi connectivity index (χ0v) is 9.89. The summed E-state index contributed by atoms with van der Waals surface area (Å²) in [6.07, 6.45) is 5.42. The summed E-state index contributed by atoms with van der Waals surface area (Å²) in [5.41, 5.74) is 5.89. The number of nitrogens with two attached hydrogens (primary N) is 1. The van der Waals surface area contributed by atoms with E-state index in [2.05, 4.69) is 14.9 Å². The van der Waals surface area contributed by atoms with Gasteiger partial charge in [-0.2, -0.15) is 0 Å². The van der Waals surface area contributed by atoms with Gasteiger partial charge in [-0.05, 0) is 37.8 Å². The lowest BCUT2D eigenvalue weighted by atomic mass is 9.97. The van der Waals surface area contributed by atoms with Crippen LogP contribution in [0.5, 0.6) is 0 Å². The maximum atomic E-state index is 11.9. The van der Waals surface area contributed by atoms with Crippen molar-refractivity contribution in [3.05, 3.63) is 5.69 Å². The molecule has 6 nitrogen and oxygen atoms in total. The predicted molar refractivity (Wildman–Crippen MR) is 60.1 cm³/mol. The number of hydrogen-bond donors (Lipinski definition) is 1. The first-order valence-electron chi connectivity index (χ1n) is 5.97. The predicted octanol–water partition coefficient (Wildman–Crippen LogP) is 1.63. The lowest BCUT2D eigenvalue weighted by Crippen LogP contribution is -2.24. The van der Waals surface area contributed by atoms with Crippen LogP contribution >= 0.6 is 0 Å². The number of esters is 1. The minimum Gasteiger partial charge on any atom is -0.462 e. The Morgan fingerprint density at radius 3 is 2.71 bits per heavy atom. The average Bonchev–Trinajstić information content (AvgIpc) is 2.76. The summed E-state index contributed by atoms with van der Waals surface area (Å²) >= 11 is 0. The summed E-state index contributed by atoms with van der Waals surface area (Å²) in [7, 11) is 0. The van der Waals surface area contributed by atoms with Crippen molar-refractivity contribution in [1.82, 2.24) is 10.3 Å². The van der Waals surface area contributed by atoms with Gasteiger partial charge < -0.3 is 10.5 Å². The van der Waals surface area contributed by atoms with E-state index in [9.17, 15) is 4.79 Å². The number of anilines is 1. The van der Waals surface area contributed by atoms with Crippen molar-refractivity contribution in [3.63, 3.8) is 0 Å². The van der Waals surface area contributed by atoms with E-state index in [-0.39, 0.29) is 17.9 Å². The molecule has 0 saturated heterocycles. The second-order valence-electron chi connectivity index (χ2n) is 4.45. The quantitative estimate of drug-likeness (QED) is 0.806. The summed E-state index contributed by atoms with van der Waals surface area (Å²) in [6, 6.07) is 0. The van der Waals surface area contributed by atoms with Crippen LogP contribution in [0.25, 0.3) is 0 Å². The van der Waals surface area contributed by atoms with E-state index < -0.39 is 5.92 Å². The largest absolute Gasteiger partial charge is 0.462 e. The maximum absolute atomic E-state index is 11.9. The summed E-state index contributed by atoms with van der Waals surface area (Å²) in [5.74, 6) is -0.680. The van der Waals surface area contributed by atoms with Crippen LogP contribution in [0.3, 0.4) is 0 Å². The maximum Gasteiger partial charge on any atom is 0.315 e. The van der Waals surface area contributed by atoms with Gasteiger partial charge >= 0.3 is 5.97 Å². The van der Waals surface area contributed by atoms with Crippen molar-refractivity contribution in [2.45, 2.75) is 51.0 Å². The molecule has 2 N–H and O–H groups in total. The molecule has 0 bridgehead atoms. The van der Waals surface area contributed by atoms with E-state index in [0.29, 0.717) is 5.69 Å². The highest BCUT2D eigenvalue weighted by atomic mass is 16.6. The van der Waals surface area contributed by atoms with E-state index in [1.54, 1.807) is 6.92 Å². The first-order chi connectivity index (χ1) is 8.18. The molecule has 1 fully saturated rings. The standard InChI is InChI=1S/C11H17N3O3/c1-7(9-10(12)14-17-13-9)11(15)16-8-5-3-2-4-6-8/h7-8H,2-6H2,1H3,(H2,12,14). The molecule has 1 aliphatic rings. The fourth-order valence-corrected chi connectivity index (χ4v) is 2.06. The molecule has 0 amide bonds. The highest BCUT2D eigenvalue weighted by Crippen LogP contribution is 2.24. The van der Waals surface area contributed by atoms with Crippen molar-refractivity contribution in [3.8, 4) is 0 Å². The Morgan fingerprint density at radius 1 is 1.41 bits per heavy atom. The van der Waals surface area contributed by atoms with Gasteiger partial charge in [-0.15, -0.1) is 0 Å². The Labute approximate surface area is 99.5 Å². The molecule has 0 aliphatic heterocycles. The zero-order valence-electron chi connectivity index (χ0n) is 9.89. The molecule has 1 aliphatic carbocycles. The lowest BCUT2D eigenvalue weighted by Gasteiger charge is -2.23. The number of ether oxygens (including phenoxy) is 1. The number of carbonyl (C=O) groups excluding carboxylic acids is 1. The normalized spacial score (nSPS) is 18.9.